The molecule has 4 nitrogen and oxygen atoms in total. The van der Waals surface area contributed by atoms with E-state index in [9.17, 15) is 4.39 Å². The van der Waals surface area contributed by atoms with E-state index in [0.29, 0.717) is 13.0 Å². The van der Waals surface area contributed by atoms with Gasteiger partial charge < -0.3 is 10.1 Å². The molecule has 100 valence electrons. The molecular formula is C13H13ClFN3O. The fraction of sp³-hybridized carbons (Fsp3) is 0.231. The number of aromatic nitrogens is 2. The van der Waals surface area contributed by atoms with Gasteiger partial charge in [-0.3, -0.25) is 0 Å². The van der Waals surface area contributed by atoms with Crippen molar-refractivity contribution in [3.63, 3.8) is 0 Å². The van der Waals surface area contributed by atoms with Crippen LogP contribution in [0.1, 0.15) is 5.56 Å². The van der Waals surface area contributed by atoms with Gasteiger partial charge in [-0.25, -0.2) is 9.37 Å². The maximum atomic E-state index is 13.4. The lowest BCUT2D eigenvalue weighted by atomic mass is 10.1. The van der Waals surface area contributed by atoms with Crippen molar-refractivity contribution in [3.05, 3.63) is 47.1 Å². The minimum absolute atomic E-state index is 0.0150. The molecule has 6 heteroatoms. The molecule has 1 aromatic carbocycles. The molecule has 0 amide bonds. The van der Waals surface area contributed by atoms with E-state index in [0.717, 1.165) is 17.5 Å². The molecule has 0 aliphatic rings. The molecular weight excluding hydrogens is 269 g/mol. The van der Waals surface area contributed by atoms with E-state index in [-0.39, 0.29) is 11.1 Å². The van der Waals surface area contributed by atoms with E-state index in [2.05, 4.69) is 15.3 Å². The summed E-state index contributed by atoms with van der Waals surface area (Å²) in [6, 6.07) is 7.68. The van der Waals surface area contributed by atoms with Crippen LogP contribution in [-0.2, 0) is 6.42 Å². The zero-order valence-electron chi connectivity index (χ0n) is 10.4. The lowest BCUT2D eigenvalue weighted by Crippen LogP contribution is -2.09. The number of hydrogen-bond acceptors (Lipinski definition) is 4. The highest BCUT2D eigenvalue weighted by Crippen LogP contribution is 2.18. The molecule has 0 fully saturated rings. The van der Waals surface area contributed by atoms with Gasteiger partial charge >= 0.3 is 0 Å². The summed E-state index contributed by atoms with van der Waals surface area (Å²) < 4.78 is 18.6. The first-order chi connectivity index (χ1) is 9.20. The standard InChI is InChI=1S/C13H13ClFN3O/c1-19-11-5-3-2-4-9(11)6-7-16-12-10(15)8-17-13(14)18-12/h2-5,8H,6-7H2,1H3,(H,16,17,18). The lowest BCUT2D eigenvalue weighted by Gasteiger charge is -2.09. The van der Waals surface area contributed by atoms with Gasteiger partial charge in [0.05, 0.1) is 13.3 Å². The number of ether oxygens (including phenoxy) is 1. The number of anilines is 1. The highest BCUT2D eigenvalue weighted by molar-refractivity contribution is 6.28. The van der Waals surface area contributed by atoms with E-state index in [1.165, 1.54) is 0 Å². The van der Waals surface area contributed by atoms with Crippen LogP contribution in [0.15, 0.2) is 30.5 Å². The van der Waals surface area contributed by atoms with Gasteiger partial charge in [0, 0.05) is 6.54 Å². The number of hydrogen-bond donors (Lipinski definition) is 1. The summed E-state index contributed by atoms with van der Waals surface area (Å²) in [5.74, 6) is 0.393. The van der Waals surface area contributed by atoms with E-state index in [1.807, 2.05) is 24.3 Å². The Balaban J connectivity index is 1.98. The molecule has 1 aromatic heterocycles. The van der Waals surface area contributed by atoms with Crippen molar-refractivity contribution in [2.45, 2.75) is 6.42 Å². The highest BCUT2D eigenvalue weighted by atomic mass is 35.5. The molecule has 1 heterocycles. The maximum Gasteiger partial charge on any atom is 0.224 e. The van der Waals surface area contributed by atoms with Crippen molar-refractivity contribution >= 4 is 17.4 Å². The van der Waals surface area contributed by atoms with Crippen LogP contribution in [0.3, 0.4) is 0 Å². The summed E-state index contributed by atoms with van der Waals surface area (Å²) in [4.78, 5) is 7.34. The molecule has 0 saturated carbocycles. The van der Waals surface area contributed by atoms with E-state index in [1.54, 1.807) is 7.11 Å². The van der Waals surface area contributed by atoms with Gasteiger partial charge in [0.25, 0.3) is 0 Å². The van der Waals surface area contributed by atoms with Crippen LogP contribution >= 0.6 is 11.6 Å². The van der Waals surface area contributed by atoms with Crippen LogP contribution in [-0.4, -0.2) is 23.6 Å². The molecule has 0 unspecified atom stereocenters. The predicted octanol–water partition coefficient (Wildman–Crippen LogP) is 2.93. The van der Waals surface area contributed by atoms with Crippen LogP contribution in [0.4, 0.5) is 10.2 Å². The Hall–Kier alpha value is -1.88. The van der Waals surface area contributed by atoms with Gasteiger partial charge in [0.15, 0.2) is 11.6 Å². The van der Waals surface area contributed by atoms with Crippen molar-refractivity contribution in [1.82, 2.24) is 9.97 Å². The van der Waals surface area contributed by atoms with E-state index < -0.39 is 5.82 Å². The third kappa shape index (κ3) is 3.54. The first-order valence-corrected chi connectivity index (χ1v) is 6.12. The maximum absolute atomic E-state index is 13.4. The SMILES string of the molecule is COc1ccccc1CCNc1nc(Cl)ncc1F. The third-order valence-corrected chi connectivity index (χ3v) is 2.78. The van der Waals surface area contributed by atoms with Gasteiger partial charge in [-0.05, 0) is 29.7 Å². The number of benzene rings is 1. The summed E-state index contributed by atoms with van der Waals surface area (Å²) in [5.41, 5.74) is 1.04. The normalized spacial score (nSPS) is 10.3. The number of methoxy groups -OCH3 is 1. The zero-order valence-corrected chi connectivity index (χ0v) is 11.1. The second-order valence-corrected chi connectivity index (χ2v) is 4.16. The summed E-state index contributed by atoms with van der Waals surface area (Å²) >= 11 is 5.61. The van der Waals surface area contributed by atoms with Crippen molar-refractivity contribution in [1.29, 1.82) is 0 Å². The Morgan fingerprint density at radius 2 is 2.16 bits per heavy atom. The van der Waals surface area contributed by atoms with Gasteiger partial charge in [0.1, 0.15) is 5.75 Å². The average molecular weight is 282 g/mol. The van der Waals surface area contributed by atoms with Gasteiger partial charge in [-0.1, -0.05) is 18.2 Å². The van der Waals surface area contributed by atoms with Crippen LogP contribution < -0.4 is 10.1 Å². The van der Waals surface area contributed by atoms with Crippen LogP contribution in [0.5, 0.6) is 5.75 Å². The number of rotatable bonds is 5. The average Bonchev–Trinajstić information content (AvgIpc) is 2.43. The molecule has 0 bridgehead atoms. The van der Waals surface area contributed by atoms with Crippen molar-refractivity contribution in [3.8, 4) is 5.75 Å². The number of nitrogens with zero attached hydrogens (tertiary/aromatic N) is 2. The summed E-state index contributed by atoms with van der Waals surface area (Å²) in [6.45, 7) is 0.518. The molecule has 0 saturated heterocycles. The van der Waals surface area contributed by atoms with E-state index in [4.69, 9.17) is 16.3 Å². The largest absolute Gasteiger partial charge is 0.496 e. The topological polar surface area (TPSA) is 47.0 Å². The second kappa shape index (κ2) is 6.33. The van der Waals surface area contributed by atoms with Crippen LogP contribution in [0.2, 0.25) is 5.28 Å². The van der Waals surface area contributed by atoms with Gasteiger partial charge in [0.2, 0.25) is 5.28 Å². The Kier molecular flexibility index (Phi) is 4.52. The molecule has 1 N–H and O–H groups in total. The Labute approximate surface area is 115 Å². The Bertz CT molecular complexity index is 565. The molecule has 0 atom stereocenters. The molecule has 0 aliphatic carbocycles. The summed E-state index contributed by atoms with van der Waals surface area (Å²) in [7, 11) is 1.62. The Morgan fingerprint density at radius 1 is 1.37 bits per heavy atom. The fourth-order valence-corrected chi connectivity index (χ4v) is 1.83. The lowest BCUT2D eigenvalue weighted by molar-refractivity contribution is 0.410. The summed E-state index contributed by atoms with van der Waals surface area (Å²) in [6.07, 6.45) is 1.73. The van der Waals surface area contributed by atoms with E-state index >= 15 is 0 Å². The zero-order chi connectivity index (χ0) is 13.7. The summed E-state index contributed by atoms with van der Waals surface area (Å²) in [5, 5.41) is 2.90. The van der Waals surface area contributed by atoms with Crippen molar-refractivity contribution in [2.75, 3.05) is 19.0 Å². The van der Waals surface area contributed by atoms with Gasteiger partial charge in [-0.2, -0.15) is 4.98 Å². The predicted molar refractivity (Wildman–Crippen MR) is 72.2 cm³/mol. The van der Waals surface area contributed by atoms with Crippen LogP contribution in [0.25, 0.3) is 0 Å². The third-order valence-electron chi connectivity index (χ3n) is 2.59. The number of nitrogens with one attached hydrogen (secondary N) is 1. The number of para-hydroxylation sites is 1. The molecule has 2 aromatic rings. The molecule has 19 heavy (non-hydrogen) atoms. The molecule has 2 rings (SSSR count). The first kappa shape index (κ1) is 13.5. The smallest absolute Gasteiger partial charge is 0.224 e. The fourth-order valence-electron chi connectivity index (χ4n) is 1.69. The monoisotopic (exact) mass is 281 g/mol. The molecule has 0 aliphatic heterocycles. The van der Waals surface area contributed by atoms with Crippen molar-refractivity contribution < 1.29 is 9.13 Å². The van der Waals surface area contributed by atoms with Crippen molar-refractivity contribution in [2.24, 2.45) is 0 Å². The highest BCUT2D eigenvalue weighted by Gasteiger charge is 2.06. The second-order valence-electron chi connectivity index (χ2n) is 3.82. The molecule has 0 radical (unpaired) electrons. The Morgan fingerprint density at radius 3 is 2.95 bits per heavy atom. The molecule has 0 spiro atoms. The minimum atomic E-state index is -0.524. The number of halogens is 2. The quantitative estimate of drug-likeness (QED) is 0.856. The van der Waals surface area contributed by atoms with Gasteiger partial charge in [-0.15, -0.1) is 0 Å². The first-order valence-electron chi connectivity index (χ1n) is 5.74. The van der Waals surface area contributed by atoms with Crippen LogP contribution in [0, 0.1) is 5.82 Å². The minimum Gasteiger partial charge on any atom is -0.496 e.